The molecular weight excluding hydrogens is 393 g/mol. The molecule has 0 saturated carbocycles. The first-order chi connectivity index (χ1) is 14.1. The fraction of sp³-hybridized carbons (Fsp3) is 0.286. The first-order valence-electron chi connectivity index (χ1n) is 9.28. The molecule has 0 atom stereocenters. The summed E-state index contributed by atoms with van der Waals surface area (Å²) in [5.41, 5.74) is 1.35. The number of rotatable bonds is 10. The average Bonchev–Trinajstić information content (AvgIpc) is 3.15. The van der Waals surface area contributed by atoms with E-state index in [2.05, 4.69) is 15.5 Å². The molecule has 0 aliphatic rings. The Bertz CT molecular complexity index is 931. The summed E-state index contributed by atoms with van der Waals surface area (Å²) >= 11 is 1.45. The van der Waals surface area contributed by atoms with Crippen molar-refractivity contribution >= 4 is 17.7 Å². The predicted octanol–water partition coefficient (Wildman–Crippen LogP) is 4.40. The van der Waals surface area contributed by atoms with E-state index in [0.717, 1.165) is 24.3 Å². The topological polar surface area (TPSA) is 77.2 Å². The van der Waals surface area contributed by atoms with Gasteiger partial charge in [-0.15, -0.1) is 0 Å². The minimum atomic E-state index is -0.288. The average molecular weight is 415 g/mol. The summed E-state index contributed by atoms with van der Waals surface area (Å²) in [6, 6.07) is 11.3. The SMILES string of the molecule is Cc1cc(CSc2ncccc2C(=O)NCCCCOc2ccc(F)cc2)no1. The molecule has 1 N–H and O–H groups in total. The number of ether oxygens (including phenoxy) is 1. The molecule has 0 aliphatic carbocycles. The number of aryl methyl sites for hydroxylation is 1. The highest BCUT2D eigenvalue weighted by Gasteiger charge is 2.13. The van der Waals surface area contributed by atoms with Crippen molar-refractivity contribution in [2.45, 2.75) is 30.5 Å². The van der Waals surface area contributed by atoms with Crippen molar-refractivity contribution in [3.05, 3.63) is 71.5 Å². The lowest BCUT2D eigenvalue weighted by Gasteiger charge is -2.09. The molecule has 8 heteroatoms. The van der Waals surface area contributed by atoms with Crippen LogP contribution < -0.4 is 10.1 Å². The van der Waals surface area contributed by atoms with E-state index in [1.807, 2.05) is 13.0 Å². The first-order valence-corrected chi connectivity index (χ1v) is 10.3. The summed E-state index contributed by atoms with van der Waals surface area (Å²) in [7, 11) is 0. The van der Waals surface area contributed by atoms with E-state index in [0.29, 0.717) is 35.2 Å². The Kier molecular flexibility index (Phi) is 7.63. The lowest BCUT2D eigenvalue weighted by atomic mass is 10.2. The third-order valence-electron chi connectivity index (χ3n) is 3.99. The molecule has 3 rings (SSSR count). The Morgan fingerprint density at radius 2 is 2.07 bits per heavy atom. The Morgan fingerprint density at radius 1 is 1.24 bits per heavy atom. The number of halogens is 1. The zero-order chi connectivity index (χ0) is 20.5. The van der Waals surface area contributed by atoms with Gasteiger partial charge in [-0.25, -0.2) is 9.37 Å². The van der Waals surface area contributed by atoms with E-state index in [1.165, 1.54) is 23.9 Å². The summed E-state index contributed by atoms with van der Waals surface area (Å²) in [6.07, 6.45) is 3.21. The minimum absolute atomic E-state index is 0.156. The molecule has 2 heterocycles. The van der Waals surface area contributed by atoms with Gasteiger partial charge < -0.3 is 14.6 Å². The van der Waals surface area contributed by atoms with E-state index >= 15 is 0 Å². The third-order valence-corrected chi connectivity index (χ3v) is 5.03. The van der Waals surface area contributed by atoms with E-state index in [4.69, 9.17) is 9.26 Å². The van der Waals surface area contributed by atoms with Gasteiger partial charge in [-0.2, -0.15) is 0 Å². The predicted molar refractivity (Wildman–Crippen MR) is 109 cm³/mol. The number of hydrogen-bond acceptors (Lipinski definition) is 6. The number of hydrogen-bond donors (Lipinski definition) is 1. The van der Waals surface area contributed by atoms with Crippen LogP contribution in [0.4, 0.5) is 4.39 Å². The summed E-state index contributed by atoms with van der Waals surface area (Å²) in [5.74, 6) is 1.52. The van der Waals surface area contributed by atoms with Gasteiger partial charge in [0.2, 0.25) is 0 Å². The molecule has 152 valence electrons. The third kappa shape index (κ3) is 6.60. The van der Waals surface area contributed by atoms with E-state index < -0.39 is 0 Å². The van der Waals surface area contributed by atoms with Gasteiger partial charge in [-0.1, -0.05) is 16.9 Å². The highest BCUT2D eigenvalue weighted by Crippen LogP contribution is 2.24. The van der Waals surface area contributed by atoms with Crippen LogP contribution >= 0.6 is 11.8 Å². The molecule has 1 aromatic carbocycles. The Balaban J connectivity index is 1.40. The number of amides is 1. The largest absolute Gasteiger partial charge is 0.494 e. The van der Waals surface area contributed by atoms with Crippen molar-refractivity contribution in [1.82, 2.24) is 15.5 Å². The monoisotopic (exact) mass is 415 g/mol. The van der Waals surface area contributed by atoms with Crippen LogP contribution in [0.3, 0.4) is 0 Å². The molecule has 0 radical (unpaired) electrons. The zero-order valence-electron chi connectivity index (χ0n) is 16.1. The molecule has 3 aromatic rings. The van der Waals surface area contributed by atoms with Crippen molar-refractivity contribution in [2.24, 2.45) is 0 Å². The van der Waals surface area contributed by atoms with Crippen LogP contribution in [0.1, 0.15) is 34.7 Å². The second-order valence-electron chi connectivity index (χ2n) is 6.34. The maximum absolute atomic E-state index is 12.8. The van der Waals surface area contributed by atoms with Crippen LogP contribution in [0.15, 0.2) is 58.2 Å². The highest BCUT2D eigenvalue weighted by molar-refractivity contribution is 7.98. The Hall–Kier alpha value is -2.87. The highest BCUT2D eigenvalue weighted by atomic mass is 32.2. The first kappa shape index (κ1) is 20.9. The summed E-state index contributed by atoms with van der Waals surface area (Å²) < 4.78 is 23.4. The van der Waals surface area contributed by atoms with Gasteiger partial charge in [0.15, 0.2) is 0 Å². The van der Waals surface area contributed by atoms with Crippen LogP contribution in [0.5, 0.6) is 5.75 Å². The fourth-order valence-electron chi connectivity index (χ4n) is 2.55. The van der Waals surface area contributed by atoms with Crippen LogP contribution in [0.2, 0.25) is 0 Å². The maximum Gasteiger partial charge on any atom is 0.254 e. The number of benzene rings is 1. The van der Waals surface area contributed by atoms with Crippen molar-refractivity contribution in [3.63, 3.8) is 0 Å². The lowest BCUT2D eigenvalue weighted by molar-refractivity contribution is 0.0948. The molecule has 1 amide bonds. The number of unbranched alkanes of at least 4 members (excludes halogenated alkanes) is 1. The summed E-state index contributed by atoms with van der Waals surface area (Å²) in [6.45, 7) is 2.88. The number of carbonyl (C=O) groups is 1. The van der Waals surface area contributed by atoms with E-state index in [1.54, 1.807) is 30.5 Å². The van der Waals surface area contributed by atoms with Crippen molar-refractivity contribution < 1.29 is 18.4 Å². The molecule has 0 spiro atoms. The van der Waals surface area contributed by atoms with Gasteiger partial charge in [0.1, 0.15) is 22.4 Å². The van der Waals surface area contributed by atoms with E-state index in [9.17, 15) is 9.18 Å². The number of pyridine rings is 1. The number of nitrogens with zero attached hydrogens (tertiary/aromatic N) is 2. The number of aromatic nitrogens is 2. The number of carbonyl (C=O) groups excluding carboxylic acids is 1. The van der Waals surface area contributed by atoms with Crippen LogP contribution in [-0.2, 0) is 5.75 Å². The Labute approximate surface area is 172 Å². The van der Waals surface area contributed by atoms with Gasteiger partial charge in [-0.3, -0.25) is 4.79 Å². The molecule has 0 bridgehead atoms. The molecule has 6 nitrogen and oxygen atoms in total. The molecule has 0 unspecified atom stereocenters. The second kappa shape index (κ2) is 10.6. The fourth-order valence-corrected chi connectivity index (χ4v) is 3.42. The molecule has 29 heavy (non-hydrogen) atoms. The maximum atomic E-state index is 12.8. The van der Waals surface area contributed by atoms with Gasteiger partial charge in [0.25, 0.3) is 5.91 Å². The molecular formula is C21H22FN3O3S. The van der Waals surface area contributed by atoms with Crippen molar-refractivity contribution in [1.29, 1.82) is 0 Å². The van der Waals surface area contributed by atoms with Gasteiger partial charge in [0.05, 0.1) is 17.9 Å². The van der Waals surface area contributed by atoms with Crippen molar-refractivity contribution in [2.75, 3.05) is 13.2 Å². The normalized spacial score (nSPS) is 10.7. The van der Waals surface area contributed by atoms with E-state index in [-0.39, 0.29) is 11.7 Å². The number of nitrogens with one attached hydrogen (secondary N) is 1. The van der Waals surface area contributed by atoms with Gasteiger partial charge in [-0.05, 0) is 56.2 Å². The zero-order valence-corrected chi connectivity index (χ0v) is 16.9. The molecule has 0 fully saturated rings. The minimum Gasteiger partial charge on any atom is -0.494 e. The number of thioether (sulfide) groups is 1. The molecule has 0 saturated heterocycles. The van der Waals surface area contributed by atoms with Crippen LogP contribution in [0, 0.1) is 12.7 Å². The lowest BCUT2D eigenvalue weighted by Crippen LogP contribution is -2.25. The van der Waals surface area contributed by atoms with Gasteiger partial charge >= 0.3 is 0 Å². The van der Waals surface area contributed by atoms with Crippen LogP contribution in [0.25, 0.3) is 0 Å². The standard InChI is InChI=1S/C21H22FN3O3S/c1-15-13-17(25-28-15)14-29-21-19(5-4-11-24-21)20(26)23-10-2-3-12-27-18-8-6-16(22)7-9-18/h4-9,11,13H,2-3,10,12,14H2,1H3,(H,23,26). The quantitative estimate of drug-likeness (QED) is 0.391. The van der Waals surface area contributed by atoms with Crippen LogP contribution in [-0.4, -0.2) is 29.2 Å². The second-order valence-corrected chi connectivity index (χ2v) is 7.30. The smallest absolute Gasteiger partial charge is 0.254 e. The summed E-state index contributed by atoms with van der Waals surface area (Å²) in [4.78, 5) is 16.8. The molecule has 0 aliphatic heterocycles. The summed E-state index contributed by atoms with van der Waals surface area (Å²) in [5, 5.41) is 7.53. The molecule has 2 aromatic heterocycles. The Morgan fingerprint density at radius 3 is 2.83 bits per heavy atom. The van der Waals surface area contributed by atoms with Crippen molar-refractivity contribution in [3.8, 4) is 5.75 Å². The van der Waals surface area contributed by atoms with Gasteiger partial charge in [0, 0.05) is 24.6 Å².